The van der Waals surface area contributed by atoms with Crippen molar-refractivity contribution >= 4 is 23.1 Å². The Balaban J connectivity index is 3.03. The molecule has 0 aromatic heterocycles. The van der Waals surface area contributed by atoms with Crippen molar-refractivity contribution in [3.8, 4) is 5.75 Å². The van der Waals surface area contributed by atoms with Gasteiger partial charge in [-0.25, -0.2) is 4.99 Å². The first-order chi connectivity index (χ1) is 6.13. The van der Waals surface area contributed by atoms with Gasteiger partial charge in [0.15, 0.2) is 0 Å². The smallest absolute Gasteiger partial charge is 0.141 e. The van der Waals surface area contributed by atoms with Crippen molar-refractivity contribution in [2.45, 2.75) is 6.92 Å². The summed E-state index contributed by atoms with van der Waals surface area (Å²) in [5.41, 5.74) is 6.84. The van der Waals surface area contributed by atoms with Crippen molar-refractivity contribution in [3.05, 3.63) is 23.8 Å². The van der Waals surface area contributed by atoms with Crippen LogP contribution in [0.5, 0.6) is 5.75 Å². The summed E-state index contributed by atoms with van der Waals surface area (Å²) < 4.78 is 0. The van der Waals surface area contributed by atoms with Gasteiger partial charge in [0.2, 0.25) is 0 Å². The van der Waals surface area contributed by atoms with Crippen LogP contribution >= 0.6 is 11.6 Å². The number of aromatic hydroxyl groups is 1. The highest BCUT2D eigenvalue weighted by molar-refractivity contribution is 6.28. The Morgan fingerprint density at radius 3 is 2.85 bits per heavy atom. The highest BCUT2D eigenvalue weighted by Gasteiger charge is 1.99. The number of amidine groups is 1. The molecule has 0 radical (unpaired) electrons. The van der Waals surface area contributed by atoms with Crippen LogP contribution in [-0.2, 0) is 0 Å². The van der Waals surface area contributed by atoms with Crippen LogP contribution < -0.4 is 5.73 Å². The average Bonchev–Trinajstić information content (AvgIpc) is 2.09. The summed E-state index contributed by atoms with van der Waals surface area (Å²) in [5.74, 6) is 0.571. The first-order valence-corrected chi connectivity index (χ1v) is 4.35. The largest absolute Gasteiger partial charge is 0.506 e. The second kappa shape index (κ2) is 4.14. The van der Waals surface area contributed by atoms with Gasteiger partial charge in [-0.15, -0.1) is 11.6 Å². The number of alkyl halides is 1. The minimum atomic E-state index is 0.119. The first kappa shape index (κ1) is 9.86. The molecule has 0 saturated carbocycles. The Morgan fingerprint density at radius 1 is 1.62 bits per heavy atom. The minimum absolute atomic E-state index is 0.119. The van der Waals surface area contributed by atoms with Gasteiger partial charge in [0.05, 0.1) is 5.88 Å². The van der Waals surface area contributed by atoms with Crippen LogP contribution in [0.3, 0.4) is 0 Å². The molecule has 0 aliphatic heterocycles. The van der Waals surface area contributed by atoms with E-state index >= 15 is 0 Å². The molecule has 1 aromatic carbocycles. The zero-order valence-corrected chi connectivity index (χ0v) is 8.04. The molecule has 1 aromatic rings. The van der Waals surface area contributed by atoms with Crippen molar-refractivity contribution in [2.75, 3.05) is 5.88 Å². The number of aryl methyl sites for hydroxylation is 1. The predicted molar refractivity (Wildman–Crippen MR) is 54.8 cm³/mol. The SMILES string of the molecule is Cc1ccc(N=C(N)CCl)c(O)c1. The van der Waals surface area contributed by atoms with E-state index in [0.717, 1.165) is 5.56 Å². The van der Waals surface area contributed by atoms with Gasteiger partial charge < -0.3 is 10.8 Å². The van der Waals surface area contributed by atoms with E-state index in [0.29, 0.717) is 11.5 Å². The molecule has 70 valence electrons. The molecule has 0 saturated heterocycles. The molecular weight excluding hydrogens is 188 g/mol. The van der Waals surface area contributed by atoms with E-state index in [9.17, 15) is 5.11 Å². The molecule has 13 heavy (non-hydrogen) atoms. The third-order valence-electron chi connectivity index (χ3n) is 1.53. The van der Waals surface area contributed by atoms with Crippen LogP contribution in [0, 0.1) is 6.92 Å². The molecule has 0 unspecified atom stereocenters. The summed E-state index contributed by atoms with van der Waals surface area (Å²) in [6.45, 7) is 1.89. The number of benzene rings is 1. The number of rotatable bonds is 2. The Kier molecular flexibility index (Phi) is 3.14. The fraction of sp³-hybridized carbons (Fsp3) is 0.222. The summed E-state index contributed by atoms with van der Waals surface area (Å²) in [6.07, 6.45) is 0. The Bertz CT molecular complexity index is 336. The van der Waals surface area contributed by atoms with E-state index in [-0.39, 0.29) is 11.6 Å². The van der Waals surface area contributed by atoms with Gasteiger partial charge in [-0.05, 0) is 24.6 Å². The van der Waals surface area contributed by atoms with Crippen LogP contribution in [0.4, 0.5) is 5.69 Å². The number of phenols is 1. The number of nitrogens with two attached hydrogens (primary N) is 1. The molecule has 0 aliphatic carbocycles. The Hall–Kier alpha value is -1.22. The fourth-order valence-electron chi connectivity index (χ4n) is 0.913. The molecule has 0 spiro atoms. The number of phenolic OH excluding ortho intramolecular Hbond substituents is 1. The van der Waals surface area contributed by atoms with Gasteiger partial charge in [-0.2, -0.15) is 0 Å². The van der Waals surface area contributed by atoms with E-state index < -0.39 is 0 Å². The standard InChI is InChI=1S/C9H11ClN2O/c1-6-2-3-7(8(13)4-6)12-9(11)5-10/h2-4,13H,5H2,1H3,(H2,11,12). The second-order valence-corrected chi connectivity index (χ2v) is 3.00. The highest BCUT2D eigenvalue weighted by Crippen LogP contribution is 2.26. The molecule has 4 heteroatoms. The number of halogens is 1. The van der Waals surface area contributed by atoms with E-state index in [4.69, 9.17) is 17.3 Å². The summed E-state index contributed by atoms with van der Waals surface area (Å²) in [6, 6.07) is 5.17. The lowest BCUT2D eigenvalue weighted by molar-refractivity contribution is 0.476. The van der Waals surface area contributed by atoms with Gasteiger partial charge in [0.25, 0.3) is 0 Å². The minimum Gasteiger partial charge on any atom is -0.506 e. The molecule has 3 N–H and O–H groups in total. The molecule has 0 amide bonds. The number of hydrogen-bond acceptors (Lipinski definition) is 2. The average molecular weight is 199 g/mol. The van der Waals surface area contributed by atoms with E-state index in [1.165, 1.54) is 0 Å². The van der Waals surface area contributed by atoms with Gasteiger partial charge in [0.1, 0.15) is 17.3 Å². The van der Waals surface area contributed by atoms with Crippen LogP contribution in [0.2, 0.25) is 0 Å². The lowest BCUT2D eigenvalue weighted by atomic mass is 10.2. The van der Waals surface area contributed by atoms with Gasteiger partial charge in [-0.1, -0.05) is 6.07 Å². The molecule has 0 aliphatic rings. The van der Waals surface area contributed by atoms with E-state index in [1.807, 2.05) is 13.0 Å². The number of nitrogens with zero attached hydrogens (tertiary/aromatic N) is 1. The Labute approximate surface area is 81.9 Å². The maximum absolute atomic E-state index is 9.43. The summed E-state index contributed by atoms with van der Waals surface area (Å²) in [5, 5.41) is 9.43. The van der Waals surface area contributed by atoms with Crippen LogP contribution in [0.15, 0.2) is 23.2 Å². The lowest BCUT2D eigenvalue weighted by Gasteiger charge is -2.00. The zero-order chi connectivity index (χ0) is 9.84. The summed E-state index contributed by atoms with van der Waals surface area (Å²) in [4.78, 5) is 3.93. The summed E-state index contributed by atoms with van der Waals surface area (Å²) in [7, 11) is 0. The maximum Gasteiger partial charge on any atom is 0.141 e. The van der Waals surface area contributed by atoms with Crippen molar-refractivity contribution in [1.29, 1.82) is 0 Å². The monoisotopic (exact) mass is 198 g/mol. The Morgan fingerprint density at radius 2 is 2.31 bits per heavy atom. The van der Waals surface area contributed by atoms with Gasteiger partial charge >= 0.3 is 0 Å². The topological polar surface area (TPSA) is 58.6 Å². The lowest BCUT2D eigenvalue weighted by Crippen LogP contribution is -2.12. The molecule has 1 rings (SSSR count). The van der Waals surface area contributed by atoms with Gasteiger partial charge in [0, 0.05) is 0 Å². The van der Waals surface area contributed by atoms with Crippen LogP contribution in [-0.4, -0.2) is 16.8 Å². The molecule has 0 fully saturated rings. The number of aliphatic imine (C=N–C) groups is 1. The molecule has 0 atom stereocenters. The highest BCUT2D eigenvalue weighted by atomic mass is 35.5. The maximum atomic E-state index is 9.43. The fourth-order valence-corrected chi connectivity index (χ4v) is 0.972. The van der Waals surface area contributed by atoms with Crippen molar-refractivity contribution < 1.29 is 5.11 Å². The quantitative estimate of drug-likeness (QED) is 0.434. The second-order valence-electron chi connectivity index (χ2n) is 2.73. The third kappa shape index (κ3) is 2.63. The number of hydrogen-bond donors (Lipinski definition) is 2. The molecule has 0 heterocycles. The predicted octanol–water partition coefficient (Wildman–Crippen LogP) is 1.93. The van der Waals surface area contributed by atoms with E-state index in [2.05, 4.69) is 4.99 Å². The normalized spacial score (nSPS) is 11.7. The van der Waals surface area contributed by atoms with E-state index in [1.54, 1.807) is 12.1 Å². The zero-order valence-electron chi connectivity index (χ0n) is 7.29. The molecular formula is C9H11ClN2O. The summed E-state index contributed by atoms with van der Waals surface area (Å²) >= 11 is 5.45. The van der Waals surface area contributed by atoms with Crippen molar-refractivity contribution in [1.82, 2.24) is 0 Å². The first-order valence-electron chi connectivity index (χ1n) is 3.82. The van der Waals surface area contributed by atoms with Crippen molar-refractivity contribution in [3.63, 3.8) is 0 Å². The van der Waals surface area contributed by atoms with Crippen LogP contribution in [0.25, 0.3) is 0 Å². The third-order valence-corrected chi connectivity index (χ3v) is 1.81. The molecule has 3 nitrogen and oxygen atoms in total. The van der Waals surface area contributed by atoms with Crippen molar-refractivity contribution in [2.24, 2.45) is 10.7 Å². The van der Waals surface area contributed by atoms with Crippen LogP contribution in [0.1, 0.15) is 5.56 Å². The molecule has 0 bridgehead atoms. The van der Waals surface area contributed by atoms with Gasteiger partial charge in [-0.3, -0.25) is 0 Å².